The molecule has 0 amide bonds. The molecule has 0 radical (unpaired) electrons. The molecule has 0 aliphatic carbocycles. The highest BCUT2D eigenvalue weighted by Crippen LogP contribution is 2.16. The summed E-state index contributed by atoms with van der Waals surface area (Å²) in [5.74, 6) is 0.920. The highest BCUT2D eigenvalue weighted by Gasteiger charge is 2.19. The first-order chi connectivity index (χ1) is 12.0. The third-order valence-corrected chi connectivity index (χ3v) is 4.97. The van der Waals surface area contributed by atoms with E-state index in [-0.39, 0.29) is 24.0 Å². The summed E-state index contributed by atoms with van der Waals surface area (Å²) in [5, 5.41) is 6.99. The minimum Gasteiger partial charge on any atom is -0.357 e. The monoisotopic (exact) mass is 534 g/mol. The van der Waals surface area contributed by atoms with Gasteiger partial charge in [0.15, 0.2) is 5.96 Å². The Hall–Kier alpha value is -0.600. The Balaban J connectivity index is 0.00000338. The number of nitrogens with one attached hydrogen (secondary N) is 2. The number of likely N-dealkylation sites (tertiary alicyclic amines) is 1. The van der Waals surface area contributed by atoms with E-state index < -0.39 is 0 Å². The maximum Gasteiger partial charge on any atom is 0.191 e. The van der Waals surface area contributed by atoms with E-state index in [0.29, 0.717) is 12.6 Å². The summed E-state index contributed by atoms with van der Waals surface area (Å²) >= 11 is 3.52. The molecule has 2 N–H and O–H groups in total. The van der Waals surface area contributed by atoms with Crippen molar-refractivity contribution in [2.75, 3.05) is 26.2 Å². The second kappa shape index (κ2) is 12.0. The normalized spacial score (nSPS) is 16.1. The first-order valence-electron chi connectivity index (χ1n) is 9.14. The van der Waals surface area contributed by atoms with Crippen LogP contribution in [0.4, 0.5) is 0 Å². The van der Waals surface area contributed by atoms with E-state index in [1.54, 1.807) is 0 Å². The smallest absolute Gasteiger partial charge is 0.191 e. The Kier molecular flexibility index (Phi) is 10.8. The molecule has 0 atom stereocenters. The first kappa shape index (κ1) is 23.4. The zero-order chi connectivity index (χ0) is 18.2. The lowest BCUT2D eigenvalue weighted by atomic mass is 10.0. The van der Waals surface area contributed by atoms with Gasteiger partial charge in [0.05, 0.1) is 6.54 Å². The lowest BCUT2D eigenvalue weighted by molar-refractivity contribution is 0.221. The largest absolute Gasteiger partial charge is 0.357 e. The molecule has 0 bridgehead atoms. The van der Waals surface area contributed by atoms with Gasteiger partial charge in [-0.2, -0.15) is 0 Å². The Labute approximate surface area is 184 Å². The van der Waals surface area contributed by atoms with Crippen LogP contribution >= 0.6 is 39.9 Å². The summed E-state index contributed by atoms with van der Waals surface area (Å²) in [6.07, 6.45) is 2.30. The third-order valence-electron chi connectivity index (χ3n) is 4.48. The van der Waals surface area contributed by atoms with Gasteiger partial charge in [-0.3, -0.25) is 4.90 Å². The Morgan fingerprint density at radius 2 is 2.04 bits per heavy atom. The molecule has 0 aromatic heterocycles. The maximum atomic E-state index is 4.79. The predicted octanol–water partition coefficient (Wildman–Crippen LogP) is 4.47. The minimum absolute atomic E-state index is 0. The number of guanidine groups is 1. The van der Waals surface area contributed by atoms with Crippen molar-refractivity contribution in [1.82, 2.24) is 15.5 Å². The maximum absolute atomic E-state index is 4.79. The Morgan fingerprint density at radius 3 is 2.62 bits per heavy atom. The fourth-order valence-corrected chi connectivity index (χ4v) is 3.61. The van der Waals surface area contributed by atoms with Gasteiger partial charge in [0.25, 0.3) is 0 Å². The van der Waals surface area contributed by atoms with Crippen LogP contribution in [0, 0.1) is 6.92 Å². The number of benzene rings is 1. The van der Waals surface area contributed by atoms with Crippen LogP contribution in [0.15, 0.2) is 39.8 Å². The number of piperidine rings is 1. The molecular formula is C20H32BrIN4. The molecule has 1 aromatic rings. The van der Waals surface area contributed by atoms with Gasteiger partial charge in [-0.15, -0.1) is 24.0 Å². The fourth-order valence-electron chi connectivity index (χ4n) is 3.13. The lowest BCUT2D eigenvalue weighted by Crippen LogP contribution is -2.48. The predicted molar refractivity (Wildman–Crippen MR) is 127 cm³/mol. The van der Waals surface area contributed by atoms with Crippen molar-refractivity contribution in [3.63, 3.8) is 0 Å². The summed E-state index contributed by atoms with van der Waals surface area (Å²) in [6.45, 7) is 15.2. The lowest BCUT2D eigenvalue weighted by Gasteiger charge is -2.33. The molecule has 1 aliphatic heterocycles. The highest BCUT2D eigenvalue weighted by atomic mass is 127. The first-order valence-corrected chi connectivity index (χ1v) is 9.94. The number of halogens is 2. The van der Waals surface area contributed by atoms with Crippen molar-refractivity contribution >= 4 is 45.9 Å². The molecule has 0 unspecified atom stereocenters. The summed E-state index contributed by atoms with van der Waals surface area (Å²) < 4.78 is 1.12. The van der Waals surface area contributed by atoms with Crippen molar-refractivity contribution in [3.05, 3.63) is 46.0 Å². The fraction of sp³-hybridized carbons (Fsp3) is 0.550. The Bertz CT molecular complexity index is 610. The number of hydrogen-bond acceptors (Lipinski definition) is 2. The van der Waals surface area contributed by atoms with Crippen LogP contribution in [0.1, 0.15) is 37.8 Å². The number of rotatable bonds is 6. The van der Waals surface area contributed by atoms with Crippen molar-refractivity contribution < 1.29 is 0 Å². The van der Waals surface area contributed by atoms with Crippen LogP contribution in [0.25, 0.3) is 0 Å². The van der Waals surface area contributed by atoms with Gasteiger partial charge in [0.1, 0.15) is 0 Å². The van der Waals surface area contributed by atoms with Crippen molar-refractivity contribution in [1.29, 1.82) is 0 Å². The van der Waals surface area contributed by atoms with E-state index >= 15 is 0 Å². The summed E-state index contributed by atoms with van der Waals surface area (Å²) in [6, 6.07) is 6.85. The van der Waals surface area contributed by atoms with E-state index in [4.69, 9.17) is 4.99 Å². The van der Waals surface area contributed by atoms with Gasteiger partial charge in [-0.05, 0) is 56.9 Å². The molecule has 6 heteroatoms. The zero-order valence-electron chi connectivity index (χ0n) is 16.1. The van der Waals surface area contributed by atoms with E-state index in [9.17, 15) is 0 Å². The van der Waals surface area contributed by atoms with E-state index in [2.05, 4.69) is 77.0 Å². The molecule has 1 aromatic carbocycles. The number of aliphatic imine (C=N–C) groups is 1. The highest BCUT2D eigenvalue weighted by molar-refractivity contribution is 14.0. The Morgan fingerprint density at radius 1 is 1.35 bits per heavy atom. The number of hydrogen-bond donors (Lipinski definition) is 2. The minimum atomic E-state index is 0. The van der Waals surface area contributed by atoms with Crippen LogP contribution in [0.2, 0.25) is 0 Å². The van der Waals surface area contributed by atoms with Gasteiger partial charge in [-0.25, -0.2) is 4.99 Å². The molecule has 0 spiro atoms. The molecule has 1 saturated heterocycles. The van der Waals surface area contributed by atoms with Crippen LogP contribution in [-0.4, -0.2) is 43.1 Å². The second-order valence-corrected chi connectivity index (χ2v) is 7.83. The van der Waals surface area contributed by atoms with Crippen LogP contribution in [0.3, 0.4) is 0 Å². The molecule has 4 nitrogen and oxygen atoms in total. The van der Waals surface area contributed by atoms with Crippen LogP contribution in [0.5, 0.6) is 0 Å². The molecule has 1 fully saturated rings. The third kappa shape index (κ3) is 7.96. The van der Waals surface area contributed by atoms with Gasteiger partial charge >= 0.3 is 0 Å². The van der Waals surface area contributed by atoms with Crippen molar-refractivity contribution in [3.8, 4) is 0 Å². The number of nitrogens with zero attached hydrogens (tertiary/aromatic N) is 2. The average Bonchev–Trinajstić information content (AvgIpc) is 2.55. The van der Waals surface area contributed by atoms with Crippen LogP contribution in [-0.2, 0) is 6.54 Å². The van der Waals surface area contributed by atoms with Gasteiger partial charge in [0.2, 0.25) is 0 Å². The van der Waals surface area contributed by atoms with Crippen LogP contribution < -0.4 is 10.6 Å². The van der Waals surface area contributed by atoms with Gasteiger partial charge in [0, 0.05) is 36.7 Å². The summed E-state index contributed by atoms with van der Waals surface area (Å²) in [5.41, 5.74) is 3.77. The topological polar surface area (TPSA) is 39.7 Å². The molecule has 1 aliphatic rings. The van der Waals surface area contributed by atoms with Gasteiger partial charge < -0.3 is 10.6 Å². The van der Waals surface area contributed by atoms with E-state index in [0.717, 1.165) is 49.5 Å². The molecule has 0 saturated carbocycles. The SMILES string of the molecule is C=C(C)CN1CCC(NC(=NCc2ccc(Br)cc2C)NCC)CC1.I. The van der Waals surface area contributed by atoms with Crippen molar-refractivity contribution in [2.45, 2.75) is 46.2 Å². The molecular weight excluding hydrogens is 503 g/mol. The molecule has 2 rings (SSSR count). The summed E-state index contributed by atoms with van der Waals surface area (Å²) in [4.78, 5) is 7.27. The van der Waals surface area contributed by atoms with Gasteiger partial charge in [-0.1, -0.05) is 34.1 Å². The average molecular weight is 535 g/mol. The molecule has 146 valence electrons. The standard InChI is InChI=1S/C20H31BrN4.HI/c1-5-22-20(23-13-17-6-7-18(21)12-16(17)4)24-19-8-10-25(11-9-19)14-15(2)3;/h6-7,12,19H,2,5,8-11,13-14H2,1,3-4H3,(H2,22,23,24);1H. The molecule has 26 heavy (non-hydrogen) atoms. The van der Waals surface area contributed by atoms with E-state index in [1.165, 1.54) is 16.7 Å². The second-order valence-electron chi connectivity index (χ2n) is 6.92. The van der Waals surface area contributed by atoms with Crippen molar-refractivity contribution in [2.24, 2.45) is 4.99 Å². The number of aryl methyl sites for hydroxylation is 1. The zero-order valence-corrected chi connectivity index (χ0v) is 20.1. The molecule has 1 heterocycles. The summed E-state index contributed by atoms with van der Waals surface area (Å²) in [7, 11) is 0. The van der Waals surface area contributed by atoms with E-state index in [1.807, 2.05) is 0 Å². The quantitative estimate of drug-likeness (QED) is 0.245.